The molecule has 1 unspecified atom stereocenters. The molecule has 0 N–H and O–H groups in total. The lowest BCUT2D eigenvalue weighted by molar-refractivity contribution is -0.0835. The number of hydrogen-bond donors (Lipinski definition) is 0. The fourth-order valence-corrected chi connectivity index (χ4v) is 3.38. The Morgan fingerprint density at radius 1 is 1.28 bits per heavy atom. The zero-order chi connectivity index (χ0) is 12.6. The SMILES string of the molecule is CCC(C)N1CCC2(CC1)OCc1ccccc12. The van der Waals surface area contributed by atoms with Gasteiger partial charge in [-0.05, 0) is 37.3 Å². The maximum absolute atomic E-state index is 6.19. The van der Waals surface area contributed by atoms with E-state index < -0.39 is 0 Å². The number of ether oxygens (including phenoxy) is 1. The number of rotatable bonds is 2. The zero-order valence-electron chi connectivity index (χ0n) is 11.5. The van der Waals surface area contributed by atoms with Crippen LogP contribution in [0.25, 0.3) is 0 Å². The van der Waals surface area contributed by atoms with Crippen molar-refractivity contribution in [2.24, 2.45) is 0 Å². The van der Waals surface area contributed by atoms with Gasteiger partial charge < -0.3 is 9.64 Å². The molecule has 0 aliphatic carbocycles. The first-order valence-electron chi connectivity index (χ1n) is 7.21. The fourth-order valence-electron chi connectivity index (χ4n) is 3.38. The highest BCUT2D eigenvalue weighted by Crippen LogP contribution is 2.44. The number of benzene rings is 1. The van der Waals surface area contributed by atoms with E-state index in [0.717, 1.165) is 19.4 Å². The second-order valence-electron chi connectivity index (χ2n) is 5.73. The van der Waals surface area contributed by atoms with Crippen molar-refractivity contribution >= 4 is 0 Å². The largest absolute Gasteiger partial charge is 0.365 e. The molecule has 1 aromatic carbocycles. The summed E-state index contributed by atoms with van der Waals surface area (Å²) < 4.78 is 6.19. The topological polar surface area (TPSA) is 12.5 Å². The van der Waals surface area contributed by atoms with Crippen LogP contribution in [0.5, 0.6) is 0 Å². The molecule has 0 amide bonds. The van der Waals surface area contributed by atoms with Gasteiger partial charge in [0.2, 0.25) is 0 Å². The van der Waals surface area contributed by atoms with E-state index in [9.17, 15) is 0 Å². The molecule has 0 saturated carbocycles. The highest BCUT2D eigenvalue weighted by Gasteiger charge is 2.42. The Morgan fingerprint density at radius 3 is 2.72 bits per heavy atom. The van der Waals surface area contributed by atoms with Crippen molar-refractivity contribution in [2.75, 3.05) is 13.1 Å². The summed E-state index contributed by atoms with van der Waals surface area (Å²) >= 11 is 0. The van der Waals surface area contributed by atoms with Gasteiger partial charge in [0.25, 0.3) is 0 Å². The molecule has 3 rings (SSSR count). The molecule has 1 fully saturated rings. The quantitative estimate of drug-likeness (QED) is 0.792. The third-order valence-electron chi connectivity index (χ3n) is 4.83. The molecular formula is C16H23NO. The molecule has 18 heavy (non-hydrogen) atoms. The van der Waals surface area contributed by atoms with Crippen molar-refractivity contribution in [3.63, 3.8) is 0 Å². The van der Waals surface area contributed by atoms with Gasteiger partial charge in [-0.15, -0.1) is 0 Å². The van der Waals surface area contributed by atoms with Crippen LogP contribution in [0.15, 0.2) is 24.3 Å². The molecule has 0 bridgehead atoms. The molecule has 2 aliphatic rings. The smallest absolute Gasteiger partial charge is 0.0963 e. The van der Waals surface area contributed by atoms with Gasteiger partial charge in [0.1, 0.15) is 0 Å². The third-order valence-corrected chi connectivity index (χ3v) is 4.83. The summed E-state index contributed by atoms with van der Waals surface area (Å²) in [6.07, 6.45) is 3.53. The average Bonchev–Trinajstić information content (AvgIpc) is 2.78. The maximum atomic E-state index is 6.19. The number of nitrogens with zero attached hydrogens (tertiary/aromatic N) is 1. The molecule has 1 saturated heterocycles. The summed E-state index contributed by atoms with van der Waals surface area (Å²) in [6, 6.07) is 9.46. The van der Waals surface area contributed by atoms with Crippen LogP contribution < -0.4 is 0 Å². The molecule has 1 aromatic rings. The zero-order valence-corrected chi connectivity index (χ0v) is 11.5. The van der Waals surface area contributed by atoms with E-state index in [1.165, 1.54) is 30.6 Å². The number of likely N-dealkylation sites (tertiary alicyclic amines) is 1. The molecule has 1 atom stereocenters. The Bertz CT molecular complexity index is 421. The minimum Gasteiger partial charge on any atom is -0.365 e. The first-order valence-corrected chi connectivity index (χ1v) is 7.21. The standard InChI is InChI=1S/C16H23NO/c1-3-13(2)17-10-8-16(9-11-17)15-7-5-4-6-14(15)12-18-16/h4-7,13H,3,8-12H2,1-2H3. The van der Waals surface area contributed by atoms with Crippen LogP contribution in [0.3, 0.4) is 0 Å². The maximum Gasteiger partial charge on any atom is 0.0963 e. The van der Waals surface area contributed by atoms with E-state index in [0.29, 0.717) is 6.04 Å². The number of hydrogen-bond acceptors (Lipinski definition) is 2. The molecule has 2 heteroatoms. The summed E-state index contributed by atoms with van der Waals surface area (Å²) in [4.78, 5) is 2.61. The minimum atomic E-state index is 0.0283. The van der Waals surface area contributed by atoms with Crippen LogP contribution >= 0.6 is 0 Å². The first-order chi connectivity index (χ1) is 8.75. The number of fused-ring (bicyclic) bond motifs is 2. The second-order valence-corrected chi connectivity index (χ2v) is 5.73. The molecular weight excluding hydrogens is 222 g/mol. The van der Waals surface area contributed by atoms with Gasteiger partial charge in [-0.1, -0.05) is 31.2 Å². The summed E-state index contributed by atoms with van der Waals surface area (Å²) in [7, 11) is 0. The third kappa shape index (κ3) is 1.88. The van der Waals surface area contributed by atoms with E-state index in [1.54, 1.807) is 0 Å². The van der Waals surface area contributed by atoms with Crippen molar-refractivity contribution in [1.29, 1.82) is 0 Å². The summed E-state index contributed by atoms with van der Waals surface area (Å²) in [5.41, 5.74) is 2.88. The van der Waals surface area contributed by atoms with Crippen molar-refractivity contribution in [3.8, 4) is 0 Å². The normalized spacial score (nSPS) is 24.1. The molecule has 2 nitrogen and oxygen atoms in total. The van der Waals surface area contributed by atoms with Gasteiger partial charge in [-0.25, -0.2) is 0 Å². The predicted octanol–water partition coefficient (Wildman–Crippen LogP) is 3.31. The summed E-state index contributed by atoms with van der Waals surface area (Å²) in [5, 5.41) is 0. The molecule has 0 radical (unpaired) electrons. The summed E-state index contributed by atoms with van der Waals surface area (Å²) in [5.74, 6) is 0. The van der Waals surface area contributed by atoms with Gasteiger partial charge in [0.05, 0.1) is 12.2 Å². The highest BCUT2D eigenvalue weighted by atomic mass is 16.5. The Morgan fingerprint density at radius 2 is 2.00 bits per heavy atom. The van der Waals surface area contributed by atoms with Crippen molar-refractivity contribution in [2.45, 2.75) is 51.4 Å². The average molecular weight is 245 g/mol. The Balaban J connectivity index is 1.77. The Kier molecular flexibility index (Phi) is 3.16. The summed E-state index contributed by atoms with van der Waals surface area (Å²) in [6.45, 7) is 7.75. The van der Waals surface area contributed by atoms with Crippen LogP contribution in [-0.4, -0.2) is 24.0 Å². The van der Waals surface area contributed by atoms with Crippen molar-refractivity contribution < 1.29 is 4.74 Å². The van der Waals surface area contributed by atoms with E-state index in [1.807, 2.05) is 0 Å². The lowest BCUT2D eigenvalue weighted by atomic mass is 9.83. The lowest BCUT2D eigenvalue weighted by Gasteiger charge is -2.41. The lowest BCUT2D eigenvalue weighted by Crippen LogP contribution is -2.45. The highest BCUT2D eigenvalue weighted by molar-refractivity contribution is 5.35. The Labute approximate surface area is 110 Å². The van der Waals surface area contributed by atoms with Gasteiger partial charge in [-0.2, -0.15) is 0 Å². The molecule has 2 heterocycles. The molecule has 1 spiro atoms. The second kappa shape index (κ2) is 4.67. The Hall–Kier alpha value is -0.860. The van der Waals surface area contributed by atoms with Gasteiger partial charge in [0.15, 0.2) is 0 Å². The monoisotopic (exact) mass is 245 g/mol. The van der Waals surface area contributed by atoms with Crippen molar-refractivity contribution in [3.05, 3.63) is 35.4 Å². The van der Waals surface area contributed by atoms with Crippen LogP contribution in [-0.2, 0) is 16.9 Å². The minimum absolute atomic E-state index is 0.0283. The van der Waals surface area contributed by atoms with E-state index in [4.69, 9.17) is 4.74 Å². The first kappa shape index (κ1) is 12.2. The molecule has 98 valence electrons. The van der Waals surface area contributed by atoms with Gasteiger partial charge >= 0.3 is 0 Å². The van der Waals surface area contributed by atoms with Gasteiger partial charge in [0, 0.05) is 19.1 Å². The van der Waals surface area contributed by atoms with E-state index >= 15 is 0 Å². The van der Waals surface area contributed by atoms with Crippen LogP contribution in [0.4, 0.5) is 0 Å². The fraction of sp³-hybridized carbons (Fsp3) is 0.625. The predicted molar refractivity (Wildman–Crippen MR) is 73.5 cm³/mol. The van der Waals surface area contributed by atoms with Crippen LogP contribution in [0.2, 0.25) is 0 Å². The van der Waals surface area contributed by atoms with Gasteiger partial charge in [-0.3, -0.25) is 0 Å². The van der Waals surface area contributed by atoms with Crippen molar-refractivity contribution in [1.82, 2.24) is 4.90 Å². The molecule has 2 aliphatic heterocycles. The van der Waals surface area contributed by atoms with E-state index in [2.05, 4.69) is 43.0 Å². The van der Waals surface area contributed by atoms with Crippen LogP contribution in [0.1, 0.15) is 44.2 Å². The number of piperidine rings is 1. The molecule has 0 aromatic heterocycles. The van der Waals surface area contributed by atoms with E-state index in [-0.39, 0.29) is 5.60 Å². The van der Waals surface area contributed by atoms with Crippen LogP contribution in [0, 0.1) is 0 Å².